The van der Waals surface area contributed by atoms with Crippen molar-refractivity contribution < 1.29 is 9.13 Å². The van der Waals surface area contributed by atoms with Crippen molar-refractivity contribution in [1.29, 1.82) is 0 Å². The first kappa shape index (κ1) is 24.5. The summed E-state index contributed by atoms with van der Waals surface area (Å²) >= 11 is 6.55. The molecule has 0 saturated heterocycles. The number of aryl methyl sites for hydroxylation is 2. The molecule has 0 bridgehead atoms. The van der Waals surface area contributed by atoms with E-state index in [0.717, 1.165) is 28.2 Å². The van der Waals surface area contributed by atoms with Gasteiger partial charge in [-0.25, -0.2) is 14.4 Å². The highest BCUT2D eigenvalue weighted by atomic mass is 35.5. The zero-order valence-corrected chi connectivity index (χ0v) is 21.0. The van der Waals surface area contributed by atoms with Gasteiger partial charge in [0.2, 0.25) is 5.88 Å². The van der Waals surface area contributed by atoms with Gasteiger partial charge in [-0.2, -0.15) is 4.98 Å². The SMILES string of the molecule is Cc1cnc(C(C)C)nc1-c1ccc(Cl)c(-n2c(C)nc(OCc3ccc(F)cc3)c(C)c2=O)c1. The molecule has 0 aliphatic carbocycles. The number of ether oxygens (including phenoxy) is 1. The lowest BCUT2D eigenvalue weighted by molar-refractivity contribution is 0.289. The monoisotopic (exact) mass is 492 g/mol. The Morgan fingerprint density at radius 1 is 1.06 bits per heavy atom. The molecule has 0 radical (unpaired) electrons. The number of halogens is 2. The molecule has 0 aliphatic heterocycles. The van der Waals surface area contributed by atoms with Crippen molar-refractivity contribution >= 4 is 11.6 Å². The van der Waals surface area contributed by atoms with E-state index >= 15 is 0 Å². The molecule has 2 aromatic heterocycles. The molecular formula is C27H26ClFN4O2. The summed E-state index contributed by atoms with van der Waals surface area (Å²) in [7, 11) is 0. The van der Waals surface area contributed by atoms with Crippen LogP contribution in [0.2, 0.25) is 5.02 Å². The first-order chi connectivity index (χ1) is 16.7. The Hall–Kier alpha value is -3.58. The van der Waals surface area contributed by atoms with Crippen molar-refractivity contribution in [3.8, 4) is 22.8 Å². The minimum Gasteiger partial charge on any atom is -0.472 e. The predicted molar refractivity (Wildman–Crippen MR) is 135 cm³/mol. The summed E-state index contributed by atoms with van der Waals surface area (Å²) in [5, 5.41) is 0.413. The molecule has 180 valence electrons. The van der Waals surface area contributed by atoms with Crippen LogP contribution in [-0.4, -0.2) is 19.5 Å². The molecule has 0 atom stereocenters. The Balaban J connectivity index is 1.74. The summed E-state index contributed by atoms with van der Waals surface area (Å²) in [6.45, 7) is 9.58. The van der Waals surface area contributed by atoms with Crippen molar-refractivity contribution in [2.75, 3.05) is 0 Å². The third kappa shape index (κ3) is 5.10. The summed E-state index contributed by atoms with van der Waals surface area (Å²) in [5.74, 6) is 1.26. The van der Waals surface area contributed by atoms with Gasteiger partial charge in [0.1, 0.15) is 24.1 Å². The fourth-order valence-corrected chi connectivity index (χ4v) is 3.90. The molecule has 0 amide bonds. The number of hydrogen-bond acceptors (Lipinski definition) is 5. The van der Waals surface area contributed by atoms with Crippen molar-refractivity contribution in [1.82, 2.24) is 19.5 Å². The number of benzene rings is 2. The standard InChI is InChI=1S/C27H26ClFN4O2/c1-15(2)25-30-13-16(3)24(32-25)20-8-11-22(28)23(12-20)33-18(5)31-26(17(4)27(33)34)35-14-19-6-9-21(29)10-7-19/h6-13,15H,14H2,1-5H3. The molecule has 6 nitrogen and oxygen atoms in total. The second-order valence-corrected chi connectivity index (χ2v) is 9.13. The molecule has 4 aromatic rings. The van der Waals surface area contributed by atoms with Crippen LogP contribution in [0.1, 0.15) is 48.1 Å². The maximum atomic E-state index is 13.4. The van der Waals surface area contributed by atoms with E-state index in [4.69, 9.17) is 21.3 Å². The summed E-state index contributed by atoms with van der Waals surface area (Å²) in [4.78, 5) is 27.1. The third-order valence-electron chi connectivity index (χ3n) is 5.69. The van der Waals surface area contributed by atoms with Gasteiger partial charge in [0, 0.05) is 17.7 Å². The lowest BCUT2D eigenvalue weighted by Crippen LogP contribution is -2.25. The Kier molecular flexibility index (Phi) is 6.98. The summed E-state index contributed by atoms with van der Waals surface area (Å²) in [5.41, 5.74) is 3.88. The van der Waals surface area contributed by atoms with Gasteiger partial charge >= 0.3 is 0 Å². The molecule has 0 spiro atoms. The lowest BCUT2D eigenvalue weighted by atomic mass is 10.1. The lowest BCUT2D eigenvalue weighted by Gasteiger charge is -2.16. The number of nitrogens with zero attached hydrogens (tertiary/aromatic N) is 4. The van der Waals surface area contributed by atoms with Crippen molar-refractivity contribution in [3.63, 3.8) is 0 Å². The van der Waals surface area contributed by atoms with E-state index in [-0.39, 0.29) is 29.8 Å². The maximum Gasteiger partial charge on any atom is 0.264 e. The molecule has 2 aromatic carbocycles. The van der Waals surface area contributed by atoms with E-state index in [1.807, 2.05) is 39.1 Å². The molecule has 4 rings (SSSR count). The maximum absolute atomic E-state index is 13.4. The van der Waals surface area contributed by atoms with Gasteiger partial charge in [0.15, 0.2) is 0 Å². The molecule has 2 heterocycles. The Morgan fingerprint density at radius 2 is 1.77 bits per heavy atom. The van der Waals surface area contributed by atoms with Crippen LogP contribution in [0.5, 0.6) is 5.88 Å². The largest absolute Gasteiger partial charge is 0.472 e. The van der Waals surface area contributed by atoms with E-state index in [1.165, 1.54) is 16.7 Å². The van der Waals surface area contributed by atoms with E-state index in [0.29, 0.717) is 22.1 Å². The van der Waals surface area contributed by atoms with Gasteiger partial charge in [0.05, 0.1) is 22.0 Å². The quantitative estimate of drug-likeness (QED) is 0.325. The van der Waals surface area contributed by atoms with Crippen molar-refractivity contribution in [2.45, 2.75) is 47.1 Å². The molecular weight excluding hydrogens is 467 g/mol. The van der Waals surface area contributed by atoms with Crippen LogP contribution in [0.3, 0.4) is 0 Å². The minimum absolute atomic E-state index is 0.165. The summed E-state index contributed by atoms with van der Waals surface area (Å²) < 4.78 is 20.4. The highest BCUT2D eigenvalue weighted by Crippen LogP contribution is 2.29. The highest BCUT2D eigenvalue weighted by Gasteiger charge is 2.18. The molecule has 0 unspecified atom stereocenters. The number of aromatic nitrogens is 4. The van der Waals surface area contributed by atoms with Gasteiger partial charge in [-0.15, -0.1) is 0 Å². The Labute approximate surface area is 208 Å². The van der Waals surface area contributed by atoms with Crippen LogP contribution in [0.15, 0.2) is 53.5 Å². The molecule has 0 fully saturated rings. The van der Waals surface area contributed by atoms with Crippen LogP contribution < -0.4 is 10.3 Å². The average Bonchev–Trinajstić information content (AvgIpc) is 2.83. The van der Waals surface area contributed by atoms with Crippen LogP contribution >= 0.6 is 11.6 Å². The average molecular weight is 493 g/mol. The van der Waals surface area contributed by atoms with Crippen LogP contribution in [0.25, 0.3) is 16.9 Å². The summed E-state index contributed by atoms with van der Waals surface area (Å²) in [6, 6.07) is 11.5. The molecule has 0 saturated carbocycles. The first-order valence-electron chi connectivity index (χ1n) is 11.3. The van der Waals surface area contributed by atoms with E-state index in [2.05, 4.69) is 9.97 Å². The van der Waals surface area contributed by atoms with E-state index in [9.17, 15) is 9.18 Å². The van der Waals surface area contributed by atoms with Crippen molar-refractivity contribution in [3.05, 3.63) is 98.2 Å². The normalized spacial score (nSPS) is 11.2. The second kappa shape index (κ2) is 9.96. The molecule has 8 heteroatoms. The predicted octanol–water partition coefficient (Wildman–Crippen LogP) is 6.11. The Morgan fingerprint density at radius 3 is 2.46 bits per heavy atom. The topological polar surface area (TPSA) is 69.9 Å². The zero-order valence-electron chi connectivity index (χ0n) is 20.3. The first-order valence-corrected chi connectivity index (χ1v) is 11.6. The van der Waals surface area contributed by atoms with Gasteiger partial charge in [-0.3, -0.25) is 9.36 Å². The van der Waals surface area contributed by atoms with E-state index < -0.39 is 0 Å². The van der Waals surface area contributed by atoms with Crippen LogP contribution in [0.4, 0.5) is 4.39 Å². The fraction of sp³-hybridized carbons (Fsp3) is 0.259. The number of hydrogen-bond donors (Lipinski definition) is 0. The fourth-order valence-electron chi connectivity index (χ4n) is 3.70. The van der Waals surface area contributed by atoms with Crippen LogP contribution in [0, 0.1) is 26.6 Å². The van der Waals surface area contributed by atoms with E-state index in [1.54, 1.807) is 32.0 Å². The second-order valence-electron chi connectivity index (χ2n) is 8.73. The summed E-state index contributed by atoms with van der Waals surface area (Å²) in [6.07, 6.45) is 1.81. The molecule has 35 heavy (non-hydrogen) atoms. The zero-order chi connectivity index (χ0) is 25.3. The van der Waals surface area contributed by atoms with Crippen LogP contribution in [-0.2, 0) is 6.61 Å². The van der Waals surface area contributed by atoms with Crippen molar-refractivity contribution in [2.24, 2.45) is 0 Å². The minimum atomic E-state index is -0.321. The van der Waals surface area contributed by atoms with Gasteiger partial charge in [-0.1, -0.05) is 43.6 Å². The smallest absolute Gasteiger partial charge is 0.264 e. The van der Waals surface area contributed by atoms with Gasteiger partial charge < -0.3 is 4.74 Å². The highest BCUT2D eigenvalue weighted by molar-refractivity contribution is 6.32. The Bertz CT molecular complexity index is 1450. The number of rotatable bonds is 6. The molecule has 0 aliphatic rings. The third-order valence-corrected chi connectivity index (χ3v) is 6.01. The van der Waals surface area contributed by atoms with Gasteiger partial charge in [-0.05, 0) is 56.2 Å². The van der Waals surface area contributed by atoms with Gasteiger partial charge in [0.25, 0.3) is 5.56 Å². The molecule has 0 N–H and O–H groups in total.